The number of likely N-dealkylation sites (tertiary alicyclic amines) is 2. The molecule has 2 saturated heterocycles. The minimum Gasteiger partial charge on any atom is -0.497 e. The number of rotatable bonds is 9. The number of nitrogens with zero attached hydrogens (tertiary/aromatic N) is 2. The van der Waals surface area contributed by atoms with Crippen molar-refractivity contribution in [3.05, 3.63) is 64.7 Å². The Morgan fingerprint density at radius 2 is 1.74 bits per heavy atom. The van der Waals surface area contributed by atoms with Crippen LogP contribution in [0.3, 0.4) is 0 Å². The topological polar surface area (TPSA) is 61.9 Å². The smallest absolute Gasteiger partial charge is 0.229 e. The summed E-state index contributed by atoms with van der Waals surface area (Å²) in [7, 11) is 1.66. The molecule has 8 heteroatoms. The van der Waals surface area contributed by atoms with Gasteiger partial charge in [-0.2, -0.15) is 0 Å². The second-order valence-corrected chi connectivity index (χ2v) is 11.8. The monoisotopic (exact) mass is 559 g/mol. The van der Waals surface area contributed by atoms with Gasteiger partial charge in [0, 0.05) is 30.1 Å². The number of ether oxygens (including phenoxy) is 1. The molecule has 1 N–H and O–H groups in total. The maximum atomic E-state index is 13.4. The molecule has 0 aromatic heterocycles. The van der Waals surface area contributed by atoms with Crippen molar-refractivity contribution in [2.45, 2.75) is 58.0 Å². The highest BCUT2D eigenvalue weighted by molar-refractivity contribution is 6.30. The number of piperidine rings is 1. The Balaban J connectivity index is 0.00000336. The van der Waals surface area contributed by atoms with E-state index < -0.39 is 0 Å². The quantitative estimate of drug-likeness (QED) is 0.432. The molecule has 2 aromatic rings. The zero-order valence-electron chi connectivity index (χ0n) is 22.4. The zero-order chi connectivity index (χ0) is 26.0. The summed E-state index contributed by atoms with van der Waals surface area (Å²) in [4.78, 5) is 30.8. The summed E-state index contributed by atoms with van der Waals surface area (Å²) in [6.45, 7) is 6.23. The molecule has 1 spiro atoms. The molecule has 6 nitrogen and oxygen atoms in total. The van der Waals surface area contributed by atoms with Crippen molar-refractivity contribution in [3.63, 3.8) is 0 Å². The fourth-order valence-corrected chi connectivity index (χ4v) is 5.97. The highest BCUT2D eigenvalue weighted by Gasteiger charge is 2.48. The Morgan fingerprint density at radius 3 is 2.37 bits per heavy atom. The molecule has 2 aromatic carbocycles. The van der Waals surface area contributed by atoms with Gasteiger partial charge in [0.2, 0.25) is 11.8 Å². The van der Waals surface area contributed by atoms with Crippen molar-refractivity contribution in [1.29, 1.82) is 0 Å². The van der Waals surface area contributed by atoms with Crippen molar-refractivity contribution >= 4 is 35.8 Å². The summed E-state index contributed by atoms with van der Waals surface area (Å²) in [6, 6.07) is 15.7. The van der Waals surface area contributed by atoms with Gasteiger partial charge in [0.1, 0.15) is 5.75 Å². The maximum Gasteiger partial charge on any atom is 0.229 e. The van der Waals surface area contributed by atoms with Crippen LogP contribution in [0, 0.1) is 10.8 Å². The van der Waals surface area contributed by atoms with Gasteiger partial charge in [-0.25, -0.2) is 0 Å². The fourth-order valence-electron chi connectivity index (χ4n) is 5.77. The van der Waals surface area contributed by atoms with E-state index in [-0.39, 0.29) is 35.2 Å². The van der Waals surface area contributed by atoms with Crippen molar-refractivity contribution in [2.75, 3.05) is 33.3 Å². The van der Waals surface area contributed by atoms with Crippen molar-refractivity contribution < 1.29 is 14.3 Å². The highest BCUT2D eigenvalue weighted by atomic mass is 35.5. The Hall–Kier alpha value is -2.28. The van der Waals surface area contributed by atoms with Gasteiger partial charge in [0.15, 0.2) is 0 Å². The van der Waals surface area contributed by atoms with Gasteiger partial charge in [-0.3, -0.25) is 9.59 Å². The van der Waals surface area contributed by atoms with E-state index in [1.165, 1.54) is 0 Å². The molecule has 0 radical (unpaired) electrons. The summed E-state index contributed by atoms with van der Waals surface area (Å²) in [5.74, 6) is 1.28. The van der Waals surface area contributed by atoms with Crippen LogP contribution in [0.1, 0.15) is 62.6 Å². The first-order valence-corrected chi connectivity index (χ1v) is 13.9. The minimum absolute atomic E-state index is 0. The van der Waals surface area contributed by atoms with E-state index in [2.05, 4.69) is 10.2 Å². The van der Waals surface area contributed by atoms with Crippen LogP contribution in [-0.4, -0.2) is 54.9 Å². The second-order valence-electron chi connectivity index (χ2n) is 11.4. The molecule has 0 bridgehead atoms. The molecule has 38 heavy (non-hydrogen) atoms. The summed E-state index contributed by atoms with van der Waals surface area (Å²) < 4.78 is 5.25. The highest BCUT2D eigenvalue weighted by Crippen LogP contribution is 2.46. The van der Waals surface area contributed by atoms with Crippen LogP contribution in [0.2, 0.25) is 5.02 Å². The lowest BCUT2D eigenvalue weighted by Gasteiger charge is -2.38. The standard InChI is InChI=1S/C30H38ClN3O3.ClH/c1-29(11-12-29)27(35)32-26(23-4-3-5-24(31)20-23)10-16-33-17-13-30(14-18-33)15-19-34(28(30)36)21-22-6-8-25(37-2)9-7-22;/h3-9,20,26H,10-19,21H2,1-2H3,(H,32,35);1H. The largest absolute Gasteiger partial charge is 0.497 e. The summed E-state index contributed by atoms with van der Waals surface area (Å²) in [5.41, 5.74) is 1.76. The number of hydrogen-bond donors (Lipinski definition) is 1. The van der Waals surface area contributed by atoms with Crippen LogP contribution in [0.5, 0.6) is 5.75 Å². The van der Waals surface area contributed by atoms with Gasteiger partial charge in [-0.05, 0) is 87.0 Å². The van der Waals surface area contributed by atoms with E-state index in [4.69, 9.17) is 16.3 Å². The van der Waals surface area contributed by atoms with Crippen molar-refractivity contribution in [3.8, 4) is 5.75 Å². The third-order valence-electron chi connectivity index (χ3n) is 8.79. The Bertz CT molecular complexity index is 1130. The maximum absolute atomic E-state index is 13.4. The van der Waals surface area contributed by atoms with Gasteiger partial charge in [-0.1, -0.05) is 42.8 Å². The molecule has 2 aliphatic heterocycles. The molecule has 2 heterocycles. The number of carbonyl (C=O) groups is 2. The fraction of sp³-hybridized carbons (Fsp3) is 0.533. The average molecular weight is 561 g/mol. The zero-order valence-corrected chi connectivity index (χ0v) is 24.0. The summed E-state index contributed by atoms with van der Waals surface area (Å²) >= 11 is 6.27. The van der Waals surface area contributed by atoms with Gasteiger partial charge in [-0.15, -0.1) is 12.4 Å². The van der Waals surface area contributed by atoms with Crippen LogP contribution in [0.15, 0.2) is 48.5 Å². The third-order valence-corrected chi connectivity index (χ3v) is 9.02. The van der Waals surface area contributed by atoms with E-state index in [1.807, 2.05) is 60.4 Å². The minimum atomic E-state index is -0.218. The van der Waals surface area contributed by atoms with E-state index in [0.717, 1.165) is 81.6 Å². The summed E-state index contributed by atoms with van der Waals surface area (Å²) in [6.07, 6.45) is 5.48. The molecular formula is C30H39Cl2N3O3. The molecule has 1 unspecified atom stereocenters. The van der Waals surface area contributed by atoms with E-state index in [9.17, 15) is 9.59 Å². The SMILES string of the molecule is COc1ccc(CN2CCC3(CCN(CCC(NC(=O)C4(C)CC4)c4cccc(Cl)c4)CC3)C2=O)cc1.Cl. The Morgan fingerprint density at radius 1 is 1.05 bits per heavy atom. The van der Waals surface area contributed by atoms with Gasteiger partial charge in [0.05, 0.1) is 18.6 Å². The molecule has 2 amide bonds. The van der Waals surface area contributed by atoms with Crippen molar-refractivity contribution in [1.82, 2.24) is 15.1 Å². The van der Waals surface area contributed by atoms with Crippen LogP contribution in [0.25, 0.3) is 0 Å². The van der Waals surface area contributed by atoms with Crippen LogP contribution in [-0.2, 0) is 16.1 Å². The molecular weight excluding hydrogens is 521 g/mol. The van der Waals surface area contributed by atoms with Crippen LogP contribution >= 0.6 is 24.0 Å². The number of nitrogens with one attached hydrogen (secondary N) is 1. The number of amides is 2. The Kier molecular flexibility index (Phi) is 8.96. The molecule has 1 aliphatic carbocycles. The predicted molar refractivity (Wildman–Crippen MR) is 153 cm³/mol. The average Bonchev–Trinajstić information content (AvgIpc) is 3.61. The molecule has 3 aliphatic rings. The lowest BCUT2D eigenvalue weighted by atomic mass is 9.77. The molecule has 1 atom stereocenters. The lowest BCUT2D eigenvalue weighted by Crippen LogP contribution is -2.45. The molecule has 5 rings (SSSR count). The van der Waals surface area contributed by atoms with Crippen molar-refractivity contribution in [2.24, 2.45) is 10.8 Å². The second kappa shape index (κ2) is 11.8. The van der Waals surface area contributed by atoms with Crippen LogP contribution in [0.4, 0.5) is 0 Å². The third kappa shape index (κ3) is 6.30. The first-order chi connectivity index (χ1) is 17.8. The number of benzene rings is 2. The molecule has 1 saturated carbocycles. The van der Waals surface area contributed by atoms with E-state index in [0.29, 0.717) is 17.5 Å². The molecule has 3 fully saturated rings. The van der Waals surface area contributed by atoms with Gasteiger partial charge < -0.3 is 19.9 Å². The lowest BCUT2D eigenvalue weighted by molar-refractivity contribution is -0.139. The number of halogens is 2. The van der Waals surface area contributed by atoms with Gasteiger partial charge in [0.25, 0.3) is 0 Å². The first-order valence-electron chi connectivity index (χ1n) is 13.5. The van der Waals surface area contributed by atoms with E-state index >= 15 is 0 Å². The van der Waals surface area contributed by atoms with E-state index in [1.54, 1.807) is 7.11 Å². The predicted octanol–water partition coefficient (Wildman–Crippen LogP) is 5.63. The number of carbonyl (C=O) groups excluding carboxylic acids is 2. The molecule has 206 valence electrons. The van der Waals surface area contributed by atoms with Gasteiger partial charge >= 0.3 is 0 Å². The Labute approximate surface area is 237 Å². The summed E-state index contributed by atoms with van der Waals surface area (Å²) in [5, 5.41) is 3.99. The normalized spacial score (nSPS) is 20.6. The number of methoxy groups -OCH3 is 1. The first kappa shape index (κ1) is 28.7. The van der Waals surface area contributed by atoms with Crippen LogP contribution < -0.4 is 10.1 Å². The number of hydrogen-bond acceptors (Lipinski definition) is 4.